The molecule has 1 saturated heterocycles. The monoisotopic (exact) mass is 341 g/mol. The van der Waals surface area contributed by atoms with Crippen molar-refractivity contribution < 1.29 is 4.79 Å². The van der Waals surface area contributed by atoms with Crippen molar-refractivity contribution in [2.24, 2.45) is 0 Å². The average Bonchev–Trinajstić information content (AvgIpc) is 2.35. The van der Waals surface area contributed by atoms with Gasteiger partial charge in [0.25, 0.3) is 0 Å². The Hall–Kier alpha value is -0.320. The maximum Gasteiger partial charge on any atom is 0.165 e. The zero-order valence-corrected chi connectivity index (χ0v) is 13.9. The molecule has 0 aromatic heterocycles. The maximum atomic E-state index is 12.2. The van der Waals surface area contributed by atoms with Gasteiger partial charge in [-0.05, 0) is 19.9 Å². The number of benzene rings is 1. The molecule has 0 aliphatic carbocycles. The van der Waals surface area contributed by atoms with Crippen LogP contribution < -0.4 is 0 Å². The van der Waals surface area contributed by atoms with E-state index in [9.17, 15) is 4.79 Å². The van der Waals surface area contributed by atoms with Crippen molar-refractivity contribution in [3.8, 4) is 0 Å². The summed E-state index contributed by atoms with van der Waals surface area (Å²) < 4.78 is 1.21. The van der Waals surface area contributed by atoms with E-state index >= 15 is 0 Å². The van der Waals surface area contributed by atoms with E-state index in [0.29, 0.717) is 11.2 Å². The average molecular weight is 342 g/mol. The van der Waals surface area contributed by atoms with E-state index in [1.165, 1.54) is 0 Å². The highest BCUT2D eigenvalue weighted by molar-refractivity contribution is 9.10. The van der Waals surface area contributed by atoms with Crippen LogP contribution in [-0.2, 0) is 0 Å². The lowest BCUT2D eigenvalue weighted by Crippen LogP contribution is -2.43. The van der Waals surface area contributed by atoms with Gasteiger partial charge in [0, 0.05) is 46.6 Å². The Morgan fingerprint density at radius 2 is 2.16 bits per heavy atom. The van der Waals surface area contributed by atoms with Gasteiger partial charge in [-0.1, -0.05) is 34.1 Å². The van der Waals surface area contributed by atoms with Crippen LogP contribution in [-0.4, -0.2) is 40.8 Å². The molecule has 1 heterocycles. The summed E-state index contributed by atoms with van der Waals surface area (Å²) in [7, 11) is 0. The second-order valence-electron chi connectivity index (χ2n) is 5.54. The number of ketones is 1. The molecule has 19 heavy (non-hydrogen) atoms. The fourth-order valence-electron chi connectivity index (χ4n) is 2.39. The smallest absolute Gasteiger partial charge is 0.165 e. The van der Waals surface area contributed by atoms with Crippen LogP contribution in [0.15, 0.2) is 28.7 Å². The molecule has 2 rings (SSSR count). The molecule has 1 aliphatic rings. The van der Waals surface area contributed by atoms with Crippen molar-refractivity contribution in [1.82, 2.24) is 4.90 Å². The number of nitrogens with zero attached hydrogens (tertiary/aromatic N) is 1. The van der Waals surface area contributed by atoms with Crippen molar-refractivity contribution in [2.75, 3.05) is 25.4 Å². The number of Topliss-reactive ketones (excluding diaryl/α,β-unsaturated/α-hetero) is 1. The molecule has 0 spiro atoms. The largest absolute Gasteiger partial charge is 0.301 e. The molecule has 1 aromatic carbocycles. The van der Waals surface area contributed by atoms with E-state index < -0.39 is 0 Å². The normalized spacial score (nSPS) is 19.3. The first kappa shape index (κ1) is 15.1. The maximum absolute atomic E-state index is 12.2. The Bertz CT molecular complexity index is 461. The molecule has 0 radical (unpaired) electrons. The van der Waals surface area contributed by atoms with Crippen LogP contribution in [0.3, 0.4) is 0 Å². The third-order valence-electron chi connectivity index (χ3n) is 3.33. The van der Waals surface area contributed by atoms with Crippen LogP contribution in [0.5, 0.6) is 0 Å². The van der Waals surface area contributed by atoms with Crippen molar-refractivity contribution in [1.29, 1.82) is 0 Å². The Balaban J connectivity index is 1.89. The Morgan fingerprint density at radius 1 is 1.42 bits per heavy atom. The third kappa shape index (κ3) is 4.33. The topological polar surface area (TPSA) is 20.3 Å². The van der Waals surface area contributed by atoms with Crippen LogP contribution in [0.1, 0.15) is 30.6 Å². The van der Waals surface area contributed by atoms with E-state index in [1.54, 1.807) is 0 Å². The van der Waals surface area contributed by atoms with Crippen LogP contribution in [0.25, 0.3) is 0 Å². The summed E-state index contributed by atoms with van der Waals surface area (Å²) in [5, 5.41) is 0. The fourth-order valence-corrected chi connectivity index (χ4v) is 4.07. The van der Waals surface area contributed by atoms with Crippen LogP contribution >= 0.6 is 27.7 Å². The lowest BCUT2D eigenvalue weighted by Gasteiger charge is -2.37. The van der Waals surface area contributed by atoms with Gasteiger partial charge in [-0.15, -0.1) is 0 Å². The van der Waals surface area contributed by atoms with Crippen molar-refractivity contribution in [2.45, 2.75) is 25.0 Å². The summed E-state index contributed by atoms with van der Waals surface area (Å²) >= 11 is 5.47. The molecule has 1 aromatic rings. The molecule has 1 fully saturated rings. The van der Waals surface area contributed by atoms with E-state index in [1.807, 2.05) is 36.0 Å². The molecule has 1 aliphatic heterocycles. The molecule has 0 saturated carbocycles. The Labute approximate surface area is 128 Å². The van der Waals surface area contributed by atoms with Crippen molar-refractivity contribution in [3.63, 3.8) is 0 Å². The molecule has 4 heteroatoms. The summed E-state index contributed by atoms with van der Waals surface area (Å²) in [6.07, 6.45) is 0.601. The zero-order chi connectivity index (χ0) is 13.9. The number of carbonyl (C=O) groups is 1. The van der Waals surface area contributed by atoms with Crippen molar-refractivity contribution >= 4 is 33.5 Å². The van der Waals surface area contributed by atoms with Gasteiger partial charge in [-0.25, -0.2) is 0 Å². The number of hydrogen-bond donors (Lipinski definition) is 0. The first-order valence-corrected chi connectivity index (χ1v) is 8.40. The minimum absolute atomic E-state index is 0.225. The standard InChI is InChI=1S/C15H20BrNOS/c1-15(2)11-17(9-10-19-15)8-7-14(18)12-5-3-4-6-13(12)16/h3-6H,7-11H2,1-2H3. The lowest BCUT2D eigenvalue weighted by molar-refractivity contribution is 0.0962. The molecule has 0 amide bonds. The second kappa shape index (κ2) is 6.42. The number of halogens is 1. The van der Waals surface area contributed by atoms with E-state index in [2.05, 4.69) is 34.7 Å². The first-order chi connectivity index (χ1) is 8.98. The SMILES string of the molecule is CC1(C)CN(CCC(=O)c2ccccc2Br)CCS1. The van der Waals surface area contributed by atoms with Gasteiger partial charge < -0.3 is 4.90 Å². The molecule has 2 nitrogen and oxygen atoms in total. The zero-order valence-electron chi connectivity index (χ0n) is 11.5. The quantitative estimate of drug-likeness (QED) is 0.776. The van der Waals surface area contributed by atoms with Gasteiger partial charge in [0.15, 0.2) is 5.78 Å². The van der Waals surface area contributed by atoms with Gasteiger partial charge >= 0.3 is 0 Å². The minimum atomic E-state index is 0.225. The number of carbonyl (C=O) groups excluding carboxylic acids is 1. The molecule has 0 unspecified atom stereocenters. The summed E-state index contributed by atoms with van der Waals surface area (Å²) in [6, 6.07) is 7.67. The molecule has 104 valence electrons. The predicted octanol–water partition coefficient (Wildman–Crippen LogP) is 3.85. The van der Waals surface area contributed by atoms with Crippen LogP contribution in [0.2, 0.25) is 0 Å². The van der Waals surface area contributed by atoms with Crippen LogP contribution in [0, 0.1) is 0 Å². The second-order valence-corrected chi connectivity index (χ2v) is 8.19. The lowest BCUT2D eigenvalue weighted by atomic mass is 10.1. The van der Waals surface area contributed by atoms with E-state index in [0.717, 1.165) is 35.4 Å². The highest BCUT2D eigenvalue weighted by Gasteiger charge is 2.27. The van der Waals surface area contributed by atoms with E-state index in [-0.39, 0.29) is 5.78 Å². The predicted molar refractivity (Wildman–Crippen MR) is 86.1 cm³/mol. The minimum Gasteiger partial charge on any atom is -0.301 e. The Kier molecular flexibility index (Phi) is 5.09. The third-order valence-corrected chi connectivity index (χ3v) is 5.32. The number of rotatable bonds is 4. The molecule has 0 bridgehead atoms. The van der Waals surface area contributed by atoms with Crippen LogP contribution in [0.4, 0.5) is 0 Å². The summed E-state index contributed by atoms with van der Waals surface area (Å²) in [5.74, 6) is 1.39. The van der Waals surface area contributed by atoms with Gasteiger partial charge in [-0.2, -0.15) is 11.8 Å². The van der Waals surface area contributed by atoms with Gasteiger partial charge in [0.1, 0.15) is 0 Å². The summed E-state index contributed by atoms with van der Waals surface area (Å²) in [5.41, 5.74) is 0.799. The first-order valence-electron chi connectivity index (χ1n) is 6.62. The molecular formula is C15H20BrNOS. The molecule has 0 atom stereocenters. The van der Waals surface area contributed by atoms with E-state index in [4.69, 9.17) is 0 Å². The summed E-state index contributed by atoms with van der Waals surface area (Å²) in [6.45, 7) is 7.58. The van der Waals surface area contributed by atoms with Gasteiger partial charge in [-0.3, -0.25) is 4.79 Å². The molecule has 0 N–H and O–H groups in total. The highest BCUT2D eigenvalue weighted by Crippen LogP contribution is 2.29. The Morgan fingerprint density at radius 3 is 2.84 bits per heavy atom. The number of hydrogen-bond acceptors (Lipinski definition) is 3. The van der Waals surface area contributed by atoms with Gasteiger partial charge in [0.2, 0.25) is 0 Å². The fraction of sp³-hybridized carbons (Fsp3) is 0.533. The van der Waals surface area contributed by atoms with Crippen molar-refractivity contribution in [3.05, 3.63) is 34.3 Å². The molecular weight excluding hydrogens is 322 g/mol. The van der Waals surface area contributed by atoms with Gasteiger partial charge in [0.05, 0.1) is 0 Å². The summed E-state index contributed by atoms with van der Waals surface area (Å²) in [4.78, 5) is 14.6. The highest BCUT2D eigenvalue weighted by atomic mass is 79.9. The number of thioether (sulfide) groups is 1.